The summed E-state index contributed by atoms with van der Waals surface area (Å²) in [5.74, 6) is -3.64. The van der Waals surface area contributed by atoms with Crippen LogP contribution in [0, 0.1) is 0 Å². The van der Waals surface area contributed by atoms with Crippen LogP contribution in [0.15, 0.2) is 12.7 Å². The monoisotopic (exact) mass is 439 g/mol. The number of methoxy groups -OCH3 is 1. The van der Waals surface area contributed by atoms with Crippen LogP contribution in [-0.4, -0.2) is 102 Å². The molecule has 0 saturated carbocycles. The number of carboxylic acid groups (broad SMARTS) is 1. The minimum Gasteiger partial charge on any atom is -0.479 e. The van der Waals surface area contributed by atoms with Crippen LogP contribution < -0.4 is 5.73 Å². The number of nitrogen functional groups attached to an aromatic ring is 1. The second-order valence-corrected chi connectivity index (χ2v) is 7.74. The maximum absolute atomic E-state index is 11.4. The van der Waals surface area contributed by atoms with E-state index < -0.39 is 60.7 Å². The van der Waals surface area contributed by atoms with E-state index in [2.05, 4.69) is 15.0 Å². The first-order valence-electron chi connectivity index (χ1n) is 9.52. The number of nitrogens with zero attached hydrogens (tertiary/aromatic N) is 4. The van der Waals surface area contributed by atoms with Crippen LogP contribution in [0.3, 0.4) is 0 Å². The lowest BCUT2D eigenvalue weighted by Gasteiger charge is -2.51. The van der Waals surface area contributed by atoms with Crippen molar-refractivity contribution in [3.63, 3.8) is 0 Å². The van der Waals surface area contributed by atoms with Gasteiger partial charge in [0, 0.05) is 13.5 Å². The Balaban J connectivity index is 1.48. The van der Waals surface area contributed by atoms with E-state index in [1.165, 1.54) is 19.8 Å². The van der Waals surface area contributed by atoms with E-state index in [9.17, 15) is 25.2 Å². The standard InChI is InChI=1S/C17H21N5O9/c1-28-11-9-5(29-15(11)22-4-21-7-13(18)19-3-20-14(7)22)2-6-17(27,31-9)12(24)8(23)10(30-6)16(25)26/h3-6,8-12,15,23-24,27H,2H2,1H3,(H,25,26)(H2,18,19,20). The Labute approximate surface area is 174 Å². The maximum atomic E-state index is 11.4. The largest absolute Gasteiger partial charge is 0.479 e. The molecular weight excluding hydrogens is 418 g/mol. The molecule has 14 heteroatoms. The lowest BCUT2D eigenvalue weighted by molar-refractivity contribution is -0.397. The van der Waals surface area contributed by atoms with E-state index >= 15 is 0 Å². The molecule has 168 valence electrons. The molecule has 0 radical (unpaired) electrons. The van der Waals surface area contributed by atoms with Crippen molar-refractivity contribution in [3.8, 4) is 0 Å². The van der Waals surface area contributed by atoms with E-state index in [4.69, 9.17) is 24.7 Å². The third-order valence-corrected chi connectivity index (χ3v) is 6.06. The Bertz CT molecular complexity index is 1020. The molecular formula is C17H21N5O9. The molecule has 0 amide bonds. The van der Waals surface area contributed by atoms with Crippen molar-refractivity contribution in [2.24, 2.45) is 0 Å². The van der Waals surface area contributed by atoms with Gasteiger partial charge < -0.3 is 45.1 Å². The number of aliphatic carboxylic acids is 1. The highest BCUT2D eigenvalue weighted by molar-refractivity contribution is 5.81. The maximum Gasteiger partial charge on any atom is 0.335 e. The number of aliphatic hydroxyl groups excluding tert-OH is 2. The molecule has 3 saturated heterocycles. The average molecular weight is 439 g/mol. The van der Waals surface area contributed by atoms with Gasteiger partial charge in [0.25, 0.3) is 0 Å². The Morgan fingerprint density at radius 2 is 2.10 bits per heavy atom. The average Bonchev–Trinajstić information content (AvgIpc) is 3.31. The van der Waals surface area contributed by atoms with Gasteiger partial charge >= 0.3 is 5.97 Å². The zero-order valence-corrected chi connectivity index (χ0v) is 16.2. The van der Waals surface area contributed by atoms with Gasteiger partial charge in [-0.25, -0.2) is 19.7 Å². The Hall–Kier alpha value is -2.46. The van der Waals surface area contributed by atoms with E-state index in [1.807, 2.05) is 0 Å². The number of carboxylic acids is 1. The molecule has 3 aliphatic rings. The highest BCUT2D eigenvalue weighted by Gasteiger charge is 2.65. The number of carbonyl (C=O) groups is 1. The predicted molar refractivity (Wildman–Crippen MR) is 97.2 cm³/mol. The quantitative estimate of drug-likeness (QED) is 0.332. The number of imidazole rings is 1. The highest BCUT2D eigenvalue weighted by atomic mass is 16.7. The van der Waals surface area contributed by atoms with Gasteiger partial charge in [-0.3, -0.25) is 4.57 Å². The van der Waals surface area contributed by atoms with Gasteiger partial charge in [-0.05, 0) is 0 Å². The number of hydrogen-bond donors (Lipinski definition) is 5. The summed E-state index contributed by atoms with van der Waals surface area (Å²) in [5, 5.41) is 40.8. The number of rotatable bonds is 3. The first-order chi connectivity index (χ1) is 14.8. The van der Waals surface area contributed by atoms with Crippen molar-refractivity contribution in [2.75, 3.05) is 12.8 Å². The minimum atomic E-state index is -2.36. The Kier molecular flexibility index (Phi) is 4.63. The number of ether oxygens (including phenoxy) is 4. The normalized spacial score (nSPS) is 42.3. The van der Waals surface area contributed by atoms with Crippen LogP contribution in [0.1, 0.15) is 12.6 Å². The number of aromatic nitrogens is 4. The summed E-state index contributed by atoms with van der Waals surface area (Å²) < 4.78 is 24.4. The number of nitrogens with two attached hydrogens (primary N) is 1. The van der Waals surface area contributed by atoms with Crippen molar-refractivity contribution < 1.29 is 44.2 Å². The molecule has 31 heavy (non-hydrogen) atoms. The highest BCUT2D eigenvalue weighted by Crippen LogP contribution is 2.46. The molecule has 9 unspecified atom stereocenters. The summed E-state index contributed by atoms with van der Waals surface area (Å²) in [5.41, 5.74) is 6.61. The SMILES string of the molecule is COC1C2OC3(O)C(CC2OC1n1cnc2c(N)ncnc21)OC(C(=O)O)C(O)C3O. The fourth-order valence-electron chi connectivity index (χ4n) is 4.53. The molecule has 0 bridgehead atoms. The van der Waals surface area contributed by atoms with Gasteiger partial charge in [-0.1, -0.05) is 0 Å². The molecule has 0 aliphatic carbocycles. The second kappa shape index (κ2) is 7.03. The summed E-state index contributed by atoms with van der Waals surface area (Å²) in [6.45, 7) is 0. The third kappa shape index (κ3) is 2.84. The second-order valence-electron chi connectivity index (χ2n) is 7.74. The zero-order chi connectivity index (χ0) is 22.1. The van der Waals surface area contributed by atoms with Gasteiger partial charge in [0.2, 0.25) is 5.79 Å². The predicted octanol–water partition coefficient (Wildman–Crippen LogP) is -2.63. The Morgan fingerprint density at radius 3 is 2.81 bits per heavy atom. The topological polar surface area (TPSA) is 205 Å². The van der Waals surface area contributed by atoms with Gasteiger partial charge in [0.1, 0.15) is 42.4 Å². The van der Waals surface area contributed by atoms with Gasteiger partial charge in [-0.2, -0.15) is 0 Å². The lowest BCUT2D eigenvalue weighted by atomic mass is 9.84. The fourth-order valence-corrected chi connectivity index (χ4v) is 4.53. The fraction of sp³-hybridized carbons (Fsp3) is 0.647. The van der Waals surface area contributed by atoms with Crippen LogP contribution in [0.5, 0.6) is 0 Å². The molecule has 2 aromatic heterocycles. The molecule has 0 aromatic carbocycles. The van der Waals surface area contributed by atoms with Crippen LogP contribution in [-0.2, 0) is 23.7 Å². The molecule has 0 spiro atoms. The molecule has 14 nitrogen and oxygen atoms in total. The van der Waals surface area contributed by atoms with Crippen LogP contribution in [0.2, 0.25) is 0 Å². The molecule has 2 aromatic rings. The summed E-state index contributed by atoms with van der Waals surface area (Å²) in [7, 11) is 1.43. The molecule has 6 N–H and O–H groups in total. The molecule has 3 fully saturated rings. The molecule has 5 rings (SSSR count). The van der Waals surface area contributed by atoms with Gasteiger partial charge in [0.05, 0.1) is 12.4 Å². The van der Waals surface area contributed by atoms with Crippen molar-refractivity contribution in [3.05, 3.63) is 12.7 Å². The number of anilines is 1. The smallest absolute Gasteiger partial charge is 0.335 e. The Morgan fingerprint density at radius 1 is 1.32 bits per heavy atom. The van der Waals surface area contributed by atoms with Crippen molar-refractivity contribution in [1.29, 1.82) is 0 Å². The molecule has 3 aliphatic heterocycles. The number of aliphatic hydroxyl groups is 3. The lowest BCUT2D eigenvalue weighted by Crippen LogP contribution is -2.72. The first kappa shape index (κ1) is 20.4. The van der Waals surface area contributed by atoms with E-state index in [0.717, 1.165) is 0 Å². The van der Waals surface area contributed by atoms with Crippen LogP contribution in [0.4, 0.5) is 5.82 Å². The van der Waals surface area contributed by atoms with E-state index in [0.29, 0.717) is 11.2 Å². The van der Waals surface area contributed by atoms with Crippen LogP contribution in [0.25, 0.3) is 11.2 Å². The first-order valence-corrected chi connectivity index (χ1v) is 9.52. The zero-order valence-electron chi connectivity index (χ0n) is 16.2. The van der Waals surface area contributed by atoms with E-state index in [-0.39, 0.29) is 12.2 Å². The minimum absolute atomic E-state index is 0.0190. The summed E-state index contributed by atoms with van der Waals surface area (Å²) in [4.78, 5) is 23.7. The van der Waals surface area contributed by atoms with Crippen LogP contribution >= 0.6 is 0 Å². The van der Waals surface area contributed by atoms with Gasteiger partial charge in [0.15, 0.2) is 23.8 Å². The van der Waals surface area contributed by atoms with Crippen molar-refractivity contribution in [2.45, 2.75) is 61.2 Å². The third-order valence-electron chi connectivity index (χ3n) is 6.06. The van der Waals surface area contributed by atoms with Crippen molar-refractivity contribution in [1.82, 2.24) is 19.5 Å². The van der Waals surface area contributed by atoms with Crippen molar-refractivity contribution >= 4 is 23.0 Å². The molecule has 5 heterocycles. The summed E-state index contributed by atoms with van der Waals surface area (Å²) >= 11 is 0. The number of fused-ring (bicyclic) bond motifs is 3. The molecule has 9 atom stereocenters. The van der Waals surface area contributed by atoms with Gasteiger partial charge in [-0.15, -0.1) is 0 Å². The number of hydrogen-bond acceptors (Lipinski definition) is 12. The summed E-state index contributed by atoms with van der Waals surface area (Å²) in [6.07, 6.45) is -7.21. The van der Waals surface area contributed by atoms with E-state index in [1.54, 1.807) is 4.57 Å². The summed E-state index contributed by atoms with van der Waals surface area (Å²) in [6, 6.07) is 0.